The lowest BCUT2D eigenvalue weighted by Gasteiger charge is -2.35. The number of fused-ring (bicyclic) bond motifs is 1. The molecule has 1 aliphatic rings. The molecule has 1 fully saturated rings. The molecule has 32 heavy (non-hydrogen) atoms. The Balaban J connectivity index is 1.66. The number of carbonyl (C=O) groups excluding carboxylic acids is 1. The normalized spacial score (nSPS) is 16.1. The van der Waals surface area contributed by atoms with Gasteiger partial charge in [-0.3, -0.25) is 19.6 Å². The lowest BCUT2D eigenvalue weighted by molar-refractivity contribution is -0.149. The highest BCUT2D eigenvalue weighted by Crippen LogP contribution is 2.30. The van der Waals surface area contributed by atoms with Crippen molar-refractivity contribution < 1.29 is 18.0 Å². The molecule has 4 rings (SSSR count). The van der Waals surface area contributed by atoms with Crippen molar-refractivity contribution in [2.45, 2.75) is 33.5 Å². The van der Waals surface area contributed by atoms with E-state index in [0.717, 1.165) is 45.6 Å². The molecule has 0 aliphatic carbocycles. The molecule has 3 aromatic rings. The van der Waals surface area contributed by atoms with E-state index >= 15 is 0 Å². The summed E-state index contributed by atoms with van der Waals surface area (Å²) in [5.41, 5.74) is 7.39. The number of aromatic nitrogens is 2. The van der Waals surface area contributed by atoms with Gasteiger partial charge in [0.05, 0.1) is 12.1 Å². The molecule has 0 amide bonds. The van der Waals surface area contributed by atoms with Gasteiger partial charge >= 0.3 is 6.18 Å². The lowest BCUT2D eigenvalue weighted by Crippen LogP contribution is -2.48. The fraction of sp³-hybridized carbons (Fsp3) is 0.417. The number of piperazine rings is 1. The minimum absolute atomic E-state index is 0.377. The Morgan fingerprint density at radius 3 is 2.22 bits per heavy atom. The maximum Gasteiger partial charge on any atom is 0.401 e. The van der Waals surface area contributed by atoms with Crippen LogP contribution in [0.25, 0.3) is 16.6 Å². The van der Waals surface area contributed by atoms with Gasteiger partial charge in [-0.1, -0.05) is 0 Å². The molecule has 0 atom stereocenters. The third-order valence-corrected chi connectivity index (χ3v) is 6.14. The van der Waals surface area contributed by atoms with Gasteiger partial charge in [0.25, 0.3) is 0 Å². The summed E-state index contributed by atoms with van der Waals surface area (Å²) < 4.78 is 40.2. The molecule has 4 heterocycles. The summed E-state index contributed by atoms with van der Waals surface area (Å²) in [5, 5.41) is 0. The number of aryl methyl sites for hydroxylation is 2. The topological polar surface area (TPSA) is 40.9 Å². The molecule has 0 aromatic carbocycles. The number of halogens is 3. The van der Waals surface area contributed by atoms with Crippen LogP contribution in [-0.4, -0.2) is 64.4 Å². The predicted molar refractivity (Wildman–Crippen MR) is 118 cm³/mol. The molecule has 0 radical (unpaired) electrons. The Morgan fingerprint density at radius 1 is 1.00 bits per heavy atom. The number of hydrogen-bond acceptors (Lipinski definition) is 4. The van der Waals surface area contributed by atoms with Gasteiger partial charge in [-0.2, -0.15) is 13.2 Å². The van der Waals surface area contributed by atoms with Crippen LogP contribution in [0.3, 0.4) is 0 Å². The highest BCUT2D eigenvalue weighted by Gasteiger charge is 2.32. The molecule has 0 unspecified atom stereocenters. The number of aldehydes is 1. The number of pyridine rings is 2. The number of alkyl halides is 3. The molecule has 5 nitrogen and oxygen atoms in total. The molecular weight excluding hydrogens is 417 g/mol. The van der Waals surface area contributed by atoms with Crippen LogP contribution in [0.15, 0.2) is 30.5 Å². The first-order chi connectivity index (χ1) is 15.1. The molecule has 8 heteroatoms. The molecule has 1 aliphatic heterocycles. The molecule has 0 bridgehead atoms. The summed E-state index contributed by atoms with van der Waals surface area (Å²) in [6.07, 6.45) is -1.29. The first-order valence-corrected chi connectivity index (χ1v) is 10.7. The summed E-state index contributed by atoms with van der Waals surface area (Å²) in [6.45, 7) is 7.42. The van der Waals surface area contributed by atoms with Gasteiger partial charge in [0.2, 0.25) is 0 Å². The van der Waals surface area contributed by atoms with Crippen molar-refractivity contribution in [2.24, 2.45) is 0 Å². The monoisotopic (exact) mass is 444 g/mol. The maximum absolute atomic E-state index is 12.7. The van der Waals surface area contributed by atoms with Crippen molar-refractivity contribution >= 4 is 11.8 Å². The van der Waals surface area contributed by atoms with Crippen LogP contribution in [0.1, 0.15) is 33.0 Å². The van der Waals surface area contributed by atoms with Gasteiger partial charge in [0.1, 0.15) is 6.29 Å². The molecule has 3 aromatic heterocycles. The van der Waals surface area contributed by atoms with E-state index in [0.29, 0.717) is 38.3 Å². The minimum Gasteiger partial charge on any atom is -0.319 e. The van der Waals surface area contributed by atoms with E-state index in [2.05, 4.69) is 14.3 Å². The van der Waals surface area contributed by atoms with Crippen LogP contribution in [0, 0.1) is 20.8 Å². The number of carbonyl (C=O) groups is 1. The van der Waals surface area contributed by atoms with Crippen molar-refractivity contribution in [3.8, 4) is 11.1 Å². The zero-order valence-corrected chi connectivity index (χ0v) is 18.5. The first kappa shape index (κ1) is 22.5. The minimum atomic E-state index is -4.17. The zero-order chi connectivity index (χ0) is 23.0. The molecule has 0 spiro atoms. The molecule has 0 N–H and O–H groups in total. The number of rotatable bonds is 5. The fourth-order valence-electron chi connectivity index (χ4n) is 4.55. The van der Waals surface area contributed by atoms with Crippen LogP contribution < -0.4 is 0 Å². The van der Waals surface area contributed by atoms with Crippen molar-refractivity contribution in [3.63, 3.8) is 0 Å². The number of nitrogens with zero attached hydrogens (tertiary/aromatic N) is 4. The van der Waals surface area contributed by atoms with Crippen LogP contribution >= 0.6 is 0 Å². The van der Waals surface area contributed by atoms with Crippen molar-refractivity contribution in [2.75, 3.05) is 32.7 Å². The van der Waals surface area contributed by atoms with Gasteiger partial charge in [-0.05, 0) is 56.2 Å². The standard InChI is InChI=1S/C24H27F3N4O/c1-16-10-19(11-17(2)28-16)21-4-5-31-22(21)12-20(14-32)18(3)23(31)13-29-6-8-30(9-7-29)15-24(25,26)27/h4-5,10-12,14H,6-9,13,15H2,1-3H3. The predicted octanol–water partition coefficient (Wildman–Crippen LogP) is 4.42. The van der Waals surface area contributed by atoms with Crippen LogP contribution in [0.5, 0.6) is 0 Å². The van der Waals surface area contributed by atoms with Crippen LogP contribution in [-0.2, 0) is 6.54 Å². The van der Waals surface area contributed by atoms with Crippen LogP contribution in [0.2, 0.25) is 0 Å². The van der Waals surface area contributed by atoms with E-state index in [1.807, 2.05) is 51.2 Å². The maximum atomic E-state index is 12.7. The third-order valence-electron chi connectivity index (χ3n) is 6.14. The van der Waals surface area contributed by atoms with E-state index < -0.39 is 12.7 Å². The summed E-state index contributed by atoms with van der Waals surface area (Å²) in [4.78, 5) is 19.9. The largest absolute Gasteiger partial charge is 0.401 e. The molecular formula is C24H27F3N4O. The second-order valence-corrected chi connectivity index (χ2v) is 8.58. The Bertz CT molecular complexity index is 1120. The Hall–Kier alpha value is -2.71. The first-order valence-electron chi connectivity index (χ1n) is 10.7. The SMILES string of the molecule is Cc1cc(-c2ccn3c(CN4CCN(CC(F)(F)F)CC4)c(C)c(C=O)cc23)cc(C)n1. The van der Waals surface area contributed by atoms with Gasteiger partial charge in [0, 0.05) is 67.1 Å². The number of hydrogen-bond donors (Lipinski definition) is 0. The van der Waals surface area contributed by atoms with E-state index in [9.17, 15) is 18.0 Å². The summed E-state index contributed by atoms with van der Waals surface area (Å²) in [5.74, 6) is 0. The smallest absolute Gasteiger partial charge is 0.319 e. The lowest BCUT2D eigenvalue weighted by atomic mass is 10.0. The van der Waals surface area contributed by atoms with Crippen molar-refractivity contribution in [1.29, 1.82) is 0 Å². The summed E-state index contributed by atoms with van der Waals surface area (Å²) >= 11 is 0. The summed E-state index contributed by atoms with van der Waals surface area (Å²) in [6, 6.07) is 8.01. The van der Waals surface area contributed by atoms with Gasteiger partial charge < -0.3 is 4.40 Å². The highest BCUT2D eigenvalue weighted by atomic mass is 19.4. The van der Waals surface area contributed by atoms with Crippen molar-refractivity contribution in [3.05, 3.63) is 58.7 Å². The zero-order valence-electron chi connectivity index (χ0n) is 18.5. The van der Waals surface area contributed by atoms with E-state index in [1.165, 1.54) is 4.90 Å². The van der Waals surface area contributed by atoms with E-state index in [1.54, 1.807) is 0 Å². The van der Waals surface area contributed by atoms with E-state index in [-0.39, 0.29) is 0 Å². The Labute approximate surface area is 185 Å². The third kappa shape index (κ3) is 4.71. The van der Waals surface area contributed by atoms with Gasteiger partial charge in [-0.15, -0.1) is 0 Å². The van der Waals surface area contributed by atoms with Crippen LogP contribution in [0.4, 0.5) is 13.2 Å². The summed E-state index contributed by atoms with van der Waals surface area (Å²) in [7, 11) is 0. The average Bonchev–Trinajstić information content (AvgIpc) is 3.13. The fourth-order valence-corrected chi connectivity index (χ4v) is 4.55. The van der Waals surface area contributed by atoms with Crippen molar-refractivity contribution in [1.82, 2.24) is 19.2 Å². The van der Waals surface area contributed by atoms with Gasteiger partial charge in [-0.25, -0.2) is 0 Å². The molecule has 0 saturated carbocycles. The second kappa shape index (κ2) is 8.67. The highest BCUT2D eigenvalue weighted by molar-refractivity contribution is 5.87. The Kier molecular flexibility index (Phi) is 6.09. The quantitative estimate of drug-likeness (QED) is 0.547. The Morgan fingerprint density at radius 2 is 1.62 bits per heavy atom. The average molecular weight is 445 g/mol. The van der Waals surface area contributed by atoms with Gasteiger partial charge in [0.15, 0.2) is 0 Å². The molecule has 170 valence electrons. The molecule has 1 saturated heterocycles. The van der Waals surface area contributed by atoms with E-state index in [4.69, 9.17) is 0 Å². The second-order valence-electron chi connectivity index (χ2n) is 8.58.